The molecule has 1 heterocycles. The van der Waals surface area contributed by atoms with E-state index in [0.717, 1.165) is 35.6 Å². The van der Waals surface area contributed by atoms with Crippen molar-refractivity contribution in [2.45, 2.75) is 65.7 Å². The maximum Gasteiger partial charge on any atom is 0.135 e. The minimum Gasteiger partial charge on any atom is -0.491 e. The van der Waals surface area contributed by atoms with Crippen molar-refractivity contribution in [3.05, 3.63) is 24.0 Å². The Balaban J connectivity index is 2.22. The summed E-state index contributed by atoms with van der Waals surface area (Å²) in [6, 6.07) is 5.98. The zero-order valence-electron chi connectivity index (χ0n) is 13.3. The third-order valence-electron chi connectivity index (χ3n) is 3.55. The van der Waals surface area contributed by atoms with Crippen molar-refractivity contribution in [1.29, 1.82) is 0 Å². The van der Waals surface area contributed by atoms with E-state index in [2.05, 4.69) is 16.5 Å². The van der Waals surface area contributed by atoms with Crippen LogP contribution in [-0.4, -0.2) is 20.8 Å². The van der Waals surface area contributed by atoms with E-state index in [4.69, 9.17) is 4.74 Å². The summed E-state index contributed by atoms with van der Waals surface area (Å²) >= 11 is 0. The minimum atomic E-state index is -0.0250. The smallest absolute Gasteiger partial charge is 0.135 e. The SMILES string of the molecule is CCCCCCn1c(CO)nc2cc(OC(C)C)ccc21. The molecule has 0 saturated heterocycles. The number of aromatic nitrogens is 2. The average Bonchev–Trinajstić information content (AvgIpc) is 2.80. The first-order chi connectivity index (χ1) is 10.2. The normalized spacial score (nSPS) is 11.5. The highest BCUT2D eigenvalue weighted by molar-refractivity contribution is 5.77. The van der Waals surface area contributed by atoms with Gasteiger partial charge in [0.25, 0.3) is 0 Å². The molecule has 116 valence electrons. The lowest BCUT2D eigenvalue weighted by Crippen LogP contribution is -2.05. The van der Waals surface area contributed by atoms with Gasteiger partial charge < -0.3 is 14.4 Å². The lowest BCUT2D eigenvalue weighted by Gasteiger charge is -2.10. The Morgan fingerprint density at radius 2 is 2.05 bits per heavy atom. The van der Waals surface area contributed by atoms with E-state index >= 15 is 0 Å². The first kappa shape index (κ1) is 15.8. The van der Waals surface area contributed by atoms with E-state index in [1.807, 2.05) is 32.0 Å². The number of unbranched alkanes of at least 4 members (excludes halogenated alkanes) is 3. The number of ether oxygens (including phenoxy) is 1. The number of nitrogens with zero attached hydrogens (tertiary/aromatic N) is 2. The Morgan fingerprint density at radius 3 is 2.71 bits per heavy atom. The molecule has 2 rings (SSSR count). The predicted octanol–water partition coefficient (Wildman–Crippen LogP) is 3.90. The molecule has 0 aliphatic rings. The van der Waals surface area contributed by atoms with Crippen molar-refractivity contribution in [3.8, 4) is 5.75 Å². The van der Waals surface area contributed by atoms with Crippen molar-refractivity contribution in [2.24, 2.45) is 0 Å². The fourth-order valence-electron chi connectivity index (χ4n) is 2.57. The number of aliphatic hydroxyl groups excluding tert-OH is 1. The fourth-order valence-corrected chi connectivity index (χ4v) is 2.57. The number of benzene rings is 1. The third kappa shape index (κ3) is 3.97. The molecule has 0 fully saturated rings. The quantitative estimate of drug-likeness (QED) is 0.750. The van der Waals surface area contributed by atoms with Crippen LogP contribution >= 0.6 is 0 Å². The Labute approximate surface area is 126 Å². The number of rotatable bonds is 8. The van der Waals surface area contributed by atoms with Crippen LogP contribution in [0, 0.1) is 0 Å². The topological polar surface area (TPSA) is 47.3 Å². The van der Waals surface area contributed by atoms with Crippen LogP contribution in [0.1, 0.15) is 52.3 Å². The van der Waals surface area contributed by atoms with Crippen LogP contribution in [0.2, 0.25) is 0 Å². The Kier molecular flexibility index (Phi) is 5.62. The zero-order chi connectivity index (χ0) is 15.2. The highest BCUT2D eigenvalue weighted by Crippen LogP contribution is 2.23. The lowest BCUT2D eigenvalue weighted by atomic mass is 10.2. The summed E-state index contributed by atoms with van der Waals surface area (Å²) in [5, 5.41) is 9.52. The van der Waals surface area contributed by atoms with Gasteiger partial charge in [-0.05, 0) is 32.4 Å². The number of hydrogen-bond acceptors (Lipinski definition) is 3. The van der Waals surface area contributed by atoms with Crippen LogP contribution in [0.4, 0.5) is 0 Å². The van der Waals surface area contributed by atoms with Crippen molar-refractivity contribution in [3.63, 3.8) is 0 Å². The molecular formula is C17H26N2O2. The maximum absolute atomic E-state index is 9.52. The summed E-state index contributed by atoms with van der Waals surface area (Å²) in [5.74, 6) is 1.57. The van der Waals surface area contributed by atoms with Gasteiger partial charge in [-0.25, -0.2) is 4.98 Å². The van der Waals surface area contributed by atoms with Gasteiger partial charge in [0.05, 0.1) is 17.1 Å². The second kappa shape index (κ2) is 7.46. The van der Waals surface area contributed by atoms with Gasteiger partial charge in [0.1, 0.15) is 18.2 Å². The summed E-state index contributed by atoms with van der Waals surface area (Å²) in [6.45, 7) is 7.12. The molecule has 0 radical (unpaired) electrons. The molecule has 1 N–H and O–H groups in total. The summed E-state index contributed by atoms with van der Waals surface area (Å²) in [6.07, 6.45) is 4.98. The number of imidazole rings is 1. The van der Waals surface area contributed by atoms with E-state index in [1.165, 1.54) is 19.3 Å². The molecule has 0 amide bonds. The molecule has 0 aliphatic carbocycles. The maximum atomic E-state index is 9.52. The van der Waals surface area contributed by atoms with Crippen LogP contribution in [0.5, 0.6) is 5.75 Å². The van der Waals surface area contributed by atoms with Gasteiger partial charge in [-0.2, -0.15) is 0 Å². The molecule has 0 unspecified atom stereocenters. The fraction of sp³-hybridized carbons (Fsp3) is 0.588. The zero-order valence-corrected chi connectivity index (χ0v) is 13.3. The van der Waals surface area contributed by atoms with Gasteiger partial charge in [-0.3, -0.25) is 0 Å². The Bertz CT molecular complexity index is 575. The molecule has 0 spiro atoms. The molecule has 2 aromatic rings. The first-order valence-corrected chi connectivity index (χ1v) is 7.92. The Hall–Kier alpha value is -1.55. The largest absolute Gasteiger partial charge is 0.491 e. The molecule has 4 nitrogen and oxygen atoms in total. The number of hydrogen-bond donors (Lipinski definition) is 1. The van der Waals surface area contributed by atoms with Gasteiger partial charge >= 0.3 is 0 Å². The molecular weight excluding hydrogens is 264 g/mol. The van der Waals surface area contributed by atoms with Crippen LogP contribution in [0.3, 0.4) is 0 Å². The van der Waals surface area contributed by atoms with Crippen LogP contribution in [-0.2, 0) is 13.2 Å². The molecule has 0 bridgehead atoms. The summed E-state index contributed by atoms with van der Waals surface area (Å²) in [5.41, 5.74) is 1.97. The predicted molar refractivity (Wildman–Crippen MR) is 85.6 cm³/mol. The number of aryl methyl sites for hydroxylation is 1. The van der Waals surface area contributed by atoms with E-state index in [1.54, 1.807) is 0 Å². The molecule has 4 heteroatoms. The van der Waals surface area contributed by atoms with Crippen LogP contribution in [0.25, 0.3) is 11.0 Å². The van der Waals surface area contributed by atoms with Crippen molar-refractivity contribution >= 4 is 11.0 Å². The number of fused-ring (bicyclic) bond motifs is 1. The van der Waals surface area contributed by atoms with Gasteiger partial charge in [-0.1, -0.05) is 26.2 Å². The van der Waals surface area contributed by atoms with Crippen molar-refractivity contribution < 1.29 is 9.84 Å². The van der Waals surface area contributed by atoms with Crippen LogP contribution < -0.4 is 4.74 Å². The van der Waals surface area contributed by atoms with E-state index in [-0.39, 0.29) is 12.7 Å². The molecule has 1 aromatic heterocycles. The second-order valence-corrected chi connectivity index (χ2v) is 5.72. The Morgan fingerprint density at radius 1 is 1.24 bits per heavy atom. The first-order valence-electron chi connectivity index (χ1n) is 7.92. The van der Waals surface area contributed by atoms with E-state index < -0.39 is 0 Å². The van der Waals surface area contributed by atoms with Gasteiger partial charge in [-0.15, -0.1) is 0 Å². The summed E-state index contributed by atoms with van der Waals surface area (Å²) < 4.78 is 7.84. The standard InChI is InChI=1S/C17H26N2O2/c1-4-5-6-7-10-19-16-9-8-14(21-13(2)3)11-15(16)18-17(19)12-20/h8-9,11,13,20H,4-7,10,12H2,1-3H3. The van der Waals surface area contributed by atoms with Gasteiger partial charge in [0.15, 0.2) is 0 Å². The summed E-state index contributed by atoms with van der Waals surface area (Å²) in [7, 11) is 0. The van der Waals surface area contributed by atoms with E-state index in [9.17, 15) is 5.11 Å². The number of aliphatic hydroxyl groups is 1. The van der Waals surface area contributed by atoms with Crippen molar-refractivity contribution in [2.75, 3.05) is 0 Å². The second-order valence-electron chi connectivity index (χ2n) is 5.72. The minimum absolute atomic E-state index is 0.0250. The van der Waals surface area contributed by atoms with Crippen LogP contribution in [0.15, 0.2) is 18.2 Å². The van der Waals surface area contributed by atoms with Crippen molar-refractivity contribution in [1.82, 2.24) is 9.55 Å². The van der Waals surface area contributed by atoms with E-state index in [0.29, 0.717) is 0 Å². The third-order valence-corrected chi connectivity index (χ3v) is 3.55. The monoisotopic (exact) mass is 290 g/mol. The lowest BCUT2D eigenvalue weighted by molar-refractivity contribution is 0.242. The molecule has 21 heavy (non-hydrogen) atoms. The molecule has 0 saturated carbocycles. The molecule has 0 aliphatic heterocycles. The highest BCUT2D eigenvalue weighted by atomic mass is 16.5. The molecule has 1 aromatic carbocycles. The average molecular weight is 290 g/mol. The van der Waals surface area contributed by atoms with Gasteiger partial charge in [0, 0.05) is 12.6 Å². The highest BCUT2D eigenvalue weighted by Gasteiger charge is 2.11. The molecule has 0 atom stereocenters. The summed E-state index contributed by atoms with van der Waals surface area (Å²) in [4.78, 5) is 4.53. The van der Waals surface area contributed by atoms with Gasteiger partial charge in [0.2, 0.25) is 0 Å².